The van der Waals surface area contributed by atoms with Gasteiger partial charge in [0, 0.05) is 17.3 Å². The third-order valence-electron chi connectivity index (χ3n) is 4.82. The molecule has 3 aromatic carbocycles. The maximum atomic E-state index is 13.0. The SMILES string of the molecule is O=C(N[C@@H](CO)C(=O)NCc1ccc(Cl)cc1)c1ccccc1Nc1cccc(C(F)(F)F)c1. The van der Waals surface area contributed by atoms with Gasteiger partial charge in [-0.25, -0.2) is 0 Å². The lowest BCUT2D eigenvalue weighted by atomic mass is 10.1. The number of hydrogen-bond donors (Lipinski definition) is 4. The van der Waals surface area contributed by atoms with E-state index < -0.39 is 36.2 Å². The zero-order chi connectivity index (χ0) is 24.7. The molecule has 0 aromatic heterocycles. The van der Waals surface area contributed by atoms with E-state index in [0.717, 1.165) is 17.7 Å². The third kappa shape index (κ3) is 6.72. The van der Waals surface area contributed by atoms with Crippen molar-refractivity contribution in [2.24, 2.45) is 0 Å². The Morgan fingerprint density at radius 2 is 1.68 bits per heavy atom. The molecule has 0 saturated carbocycles. The second-order valence-corrected chi connectivity index (χ2v) is 7.74. The van der Waals surface area contributed by atoms with Crippen LogP contribution in [0.4, 0.5) is 24.5 Å². The van der Waals surface area contributed by atoms with Gasteiger partial charge in [0.25, 0.3) is 5.91 Å². The maximum Gasteiger partial charge on any atom is 0.416 e. The molecule has 0 aliphatic heterocycles. The molecule has 0 heterocycles. The van der Waals surface area contributed by atoms with E-state index in [4.69, 9.17) is 11.6 Å². The van der Waals surface area contributed by atoms with Gasteiger partial charge < -0.3 is 21.1 Å². The highest BCUT2D eigenvalue weighted by molar-refractivity contribution is 6.30. The first-order chi connectivity index (χ1) is 16.2. The summed E-state index contributed by atoms with van der Waals surface area (Å²) in [6.07, 6.45) is -4.51. The fourth-order valence-electron chi connectivity index (χ4n) is 3.06. The molecule has 6 nitrogen and oxygen atoms in total. The number of nitrogens with one attached hydrogen (secondary N) is 3. The second-order valence-electron chi connectivity index (χ2n) is 7.30. The Hall–Kier alpha value is -3.56. The van der Waals surface area contributed by atoms with E-state index >= 15 is 0 Å². The van der Waals surface area contributed by atoms with Crippen molar-refractivity contribution in [3.63, 3.8) is 0 Å². The zero-order valence-corrected chi connectivity index (χ0v) is 18.5. The van der Waals surface area contributed by atoms with E-state index in [1.54, 1.807) is 36.4 Å². The van der Waals surface area contributed by atoms with Crippen LogP contribution in [0.2, 0.25) is 5.02 Å². The van der Waals surface area contributed by atoms with Crippen molar-refractivity contribution in [1.82, 2.24) is 10.6 Å². The van der Waals surface area contributed by atoms with Crippen LogP contribution in [0.15, 0.2) is 72.8 Å². The fraction of sp³-hybridized carbons (Fsp3) is 0.167. The van der Waals surface area contributed by atoms with Crippen LogP contribution in [0.5, 0.6) is 0 Å². The molecule has 0 spiro atoms. The van der Waals surface area contributed by atoms with Crippen LogP contribution in [0.3, 0.4) is 0 Å². The number of aliphatic hydroxyl groups is 1. The molecule has 0 saturated heterocycles. The van der Waals surface area contributed by atoms with E-state index in [-0.39, 0.29) is 23.5 Å². The van der Waals surface area contributed by atoms with Gasteiger partial charge in [0.15, 0.2) is 0 Å². The molecule has 4 N–H and O–H groups in total. The normalized spacial score (nSPS) is 12.0. The number of alkyl halides is 3. The minimum absolute atomic E-state index is 0.0869. The topological polar surface area (TPSA) is 90.5 Å². The number of benzene rings is 3. The van der Waals surface area contributed by atoms with Crippen LogP contribution in [-0.2, 0) is 17.5 Å². The van der Waals surface area contributed by atoms with E-state index in [1.807, 2.05) is 0 Å². The van der Waals surface area contributed by atoms with Gasteiger partial charge in [0.2, 0.25) is 5.91 Å². The van der Waals surface area contributed by atoms with Crippen LogP contribution >= 0.6 is 11.6 Å². The first-order valence-electron chi connectivity index (χ1n) is 10.1. The van der Waals surface area contributed by atoms with Gasteiger partial charge in [-0.15, -0.1) is 0 Å². The lowest BCUT2D eigenvalue weighted by molar-refractivity contribution is -0.137. The first-order valence-corrected chi connectivity index (χ1v) is 10.5. The molecule has 0 aliphatic carbocycles. The summed E-state index contributed by atoms with van der Waals surface area (Å²) >= 11 is 5.83. The summed E-state index contributed by atoms with van der Waals surface area (Å²) in [6, 6.07) is 16.3. The average Bonchev–Trinajstić information content (AvgIpc) is 2.82. The number of carbonyl (C=O) groups excluding carboxylic acids is 2. The molecule has 3 rings (SSSR count). The van der Waals surface area contributed by atoms with Crippen LogP contribution in [0.1, 0.15) is 21.5 Å². The van der Waals surface area contributed by atoms with E-state index in [0.29, 0.717) is 5.02 Å². The summed E-state index contributed by atoms with van der Waals surface area (Å²) < 4.78 is 39.0. The Morgan fingerprint density at radius 1 is 0.971 bits per heavy atom. The fourth-order valence-corrected chi connectivity index (χ4v) is 3.19. The summed E-state index contributed by atoms with van der Waals surface area (Å²) in [5.41, 5.74) is 0.393. The number of rotatable bonds is 8. The molecule has 0 bridgehead atoms. The largest absolute Gasteiger partial charge is 0.416 e. The van der Waals surface area contributed by atoms with E-state index in [1.165, 1.54) is 24.3 Å². The number of hydrogen-bond acceptors (Lipinski definition) is 4. The molecule has 178 valence electrons. The van der Waals surface area contributed by atoms with Gasteiger partial charge in [0.05, 0.1) is 23.4 Å². The Labute approximate surface area is 198 Å². The molecule has 0 aliphatic rings. The Bertz CT molecular complexity index is 1150. The smallest absolute Gasteiger partial charge is 0.394 e. The van der Waals surface area contributed by atoms with Crippen LogP contribution in [0, 0.1) is 0 Å². The van der Waals surface area contributed by atoms with Crippen molar-refractivity contribution in [2.75, 3.05) is 11.9 Å². The minimum atomic E-state index is -4.51. The zero-order valence-electron chi connectivity index (χ0n) is 17.7. The van der Waals surface area contributed by atoms with Crippen LogP contribution in [-0.4, -0.2) is 29.6 Å². The maximum absolute atomic E-state index is 13.0. The van der Waals surface area contributed by atoms with Crippen LogP contribution < -0.4 is 16.0 Å². The quantitative estimate of drug-likeness (QED) is 0.373. The summed E-state index contributed by atoms with van der Waals surface area (Å²) in [5, 5.41) is 18.0. The molecule has 0 fully saturated rings. The highest BCUT2D eigenvalue weighted by atomic mass is 35.5. The van der Waals surface area contributed by atoms with Crippen molar-refractivity contribution in [3.05, 3.63) is 94.5 Å². The first kappa shape index (κ1) is 25.1. The summed E-state index contributed by atoms with van der Waals surface area (Å²) in [6.45, 7) is -0.489. The predicted octanol–water partition coefficient (Wildman–Crippen LogP) is 4.51. The number of aliphatic hydroxyl groups excluding tert-OH is 1. The van der Waals surface area contributed by atoms with Gasteiger partial charge in [-0.3, -0.25) is 9.59 Å². The van der Waals surface area contributed by atoms with Crippen molar-refractivity contribution in [2.45, 2.75) is 18.8 Å². The summed E-state index contributed by atoms with van der Waals surface area (Å²) in [7, 11) is 0. The highest BCUT2D eigenvalue weighted by Crippen LogP contribution is 2.31. The molecular weight excluding hydrogens is 471 g/mol. The predicted molar refractivity (Wildman–Crippen MR) is 123 cm³/mol. The Balaban J connectivity index is 1.69. The number of anilines is 2. The molecule has 0 unspecified atom stereocenters. The molecule has 1 atom stereocenters. The number of para-hydroxylation sites is 1. The number of carbonyl (C=O) groups is 2. The van der Waals surface area contributed by atoms with Gasteiger partial charge >= 0.3 is 6.18 Å². The molecule has 2 amide bonds. The highest BCUT2D eigenvalue weighted by Gasteiger charge is 2.30. The van der Waals surface area contributed by atoms with Crippen molar-refractivity contribution in [1.29, 1.82) is 0 Å². The lowest BCUT2D eigenvalue weighted by Gasteiger charge is -2.18. The number of halogens is 4. The summed E-state index contributed by atoms with van der Waals surface area (Å²) in [4.78, 5) is 25.3. The Kier molecular flexibility index (Phi) is 8.14. The van der Waals surface area contributed by atoms with Crippen molar-refractivity contribution >= 4 is 34.8 Å². The van der Waals surface area contributed by atoms with Gasteiger partial charge in [-0.2, -0.15) is 13.2 Å². The third-order valence-corrected chi connectivity index (χ3v) is 5.08. The Morgan fingerprint density at radius 3 is 2.35 bits per heavy atom. The van der Waals surface area contributed by atoms with E-state index in [9.17, 15) is 27.9 Å². The molecular formula is C24H21ClF3N3O3. The summed E-state index contributed by atoms with van der Waals surface area (Å²) in [5.74, 6) is -1.29. The standard InChI is InChI=1S/C24H21ClF3N3O3/c25-17-10-8-15(9-11-17)13-29-23(34)21(14-32)31-22(33)19-6-1-2-7-20(19)30-18-5-3-4-16(12-18)24(26,27)28/h1-12,21,30,32H,13-14H2,(H,29,34)(H,31,33)/t21-/m0/s1. The van der Waals surface area contributed by atoms with E-state index in [2.05, 4.69) is 16.0 Å². The molecule has 0 radical (unpaired) electrons. The van der Waals surface area contributed by atoms with Crippen molar-refractivity contribution < 1.29 is 27.9 Å². The molecule has 10 heteroatoms. The average molecular weight is 492 g/mol. The monoisotopic (exact) mass is 491 g/mol. The second kappa shape index (κ2) is 11.0. The van der Waals surface area contributed by atoms with Crippen LogP contribution in [0.25, 0.3) is 0 Å². The molecule has 34 heavy (non-hydrogen) atoms. The number of amides is 2. The van der Waals surface area contributed by atoms with Gasteiger partial charge in [-0.05, 0) is 48.0 Å². The van der Waals surface area contributed by atoms with Gasteiger partial charge in [0.1, 0.15) is 6.04 Å². The van der Waals surface area contributed by atoms with Gasteiger partial charge in [-0.1, -0.05) is 41.9 Å². The minimum Gasteiger partial charge on any atom is -0.394 e. The lowest BCUT2D eigenvalue weighted by Crippen LogP contribution is -2.48. The van der Waals surface area contributed by atoms with Crippen molar-refractivity contribution in [3.8, 4) is 0 Å². The molecule has 3 aromatic rings.